The number of nitrogens with one attached hydrogen (secondary N) is 1. The normalized spacial score (nSPS) is 12.7. The first-order valence-corrected chi connectivity index (χ1v) is 8.84. The molecule has 0 bridgehead atoms. The Balaban J connectivity index is 1.57. The number of nitrogens with zero attached hydrogens (tertiary/aromatic N) is 2. The Morgan fingerprint density at radius 2 is 1.88 bits per heavy atom. The minimum absolute atomic E-state index is 0.150. The zero-order chi connectivity index (χ0) is 17.9. The number of methoxy groups -OCH3 is 1. The molecule has 5 heteroatoms. The summed E-state index contributed by atoms with van der Waals surface area (Å²) in [6, 6.07) is 17.4. The van der Waals surface area contributed by atoms with Crippen molar-refractivity contribution < 1.29 is 9.53 Å². The summed E-state index contributed by atoms with van der Waals surface area (Å²) in [4.78, 5) is 12.5. The van der Waals surface area contributed by atoms with E-state index in [1.165, 1.54) is 11.3 Å². The summed E-state index contributed by atoms with van der Waals surface area (Å²) < 4.78 is 7.29. The summed E-state index contributed by atoms with van der Waals surface area (Å²) in [7, 11) is 1.57. The maximum atomic E-state index is 12.5. The number of ether oxygens (including phenoxy) is 1. The van der Waals surface area contributed by atoms with Crippen LogP contribution in [-0.2, 0) is 19.4 Å². The van der Waals surface area contributed by atoms with Gasteiger partial charge in [0.05, 0.1) is 30.6 Å². The van der Waals surface area contributed by atoms with Gasteiger partial charge >= 0.3 is 0 Å². The summed E-state index contributed by atoms with van der Waals surface area (Å²) in [5.41, 5.74) is 5.08. The topological polar surface area (TPSA) is 56.1 Å². The molecule has 132 valence electrons. The minimum Gasteiger partial charge on any atom is -0.496 e. The first-order chi connectivity index (χ1) is 12.8. The van der Waals surface area contributed by atoms with Crippen LogP contribution >= 0.6 is 0 Å². The summed E-state index contributed by atoms with van der Waals surface area (Å²) in [5.74, 6) is 0.425. The van der Waals surface area contributed by atoms with Crippen molar-refractivity contribution in [1.82, 2.24) is 15.1 Å². The SMILES string of the molecule is COc1ccccc1C(=O)NCc1nn(-c2ccccc2)c2c1CCC2. The number of benzene rings is 2. The van der Waals surface area contributed by atoms with Crippen LogP contribution in [0.15, 0.2) is 54.6 Å². The van der Waals surface area contributed by atoms with E-state index in [1.54, 1.807) is 19.2 Å². The van der Waals surface area contributed by atoms with Gasteiger partial charge in [-0.2, -0.15) is 5.10 Å². The van der Waals surface area contributed by atoms with Gasteiger partial charge in [0.1, 0.15) is 5.75 Å². The fourth-order valence-corrected chi connectivity index (χ4v) is 3.53. The highest BCUT2D eigenvalue weighted by atomic mass is 16.5. The fraction of sp³-hybridized carbons (Fsp3) is 0.238. The zero-order valence-electron chi connectivity index (χ0n) is 14.7. The van der Waals surface area contributed by atoms with E-state index in [0.29, 0.717) is 17.9 Å². The van der Waals surface area contributed by atoms with E-state index in [4.69, 9.17) is 9.84 Å². The van der Waals surface area contributed by atoms with Crippen LogP contribution in [-0.4, -0.2) is 22.8 Å². The van der Waals surface area contributed by atoms with E-state index in [0.717, 1.165) is 30.6 Å². The summed E-state index contributed by atoms with van der Waals surface area (Å²) in [5, 5.41) is 7.77. The molecule has 5 nitrogen and oxygen atoms in total. The number of hydrogen-bond donors (Lipinski definition) is 1. The molecule has 0 spiro atoms. The van der Waals surface area contributed by atoms with Crippen molar-refractivity contribution in [3.63, 3.8) is 0 Å². The van der Waals surface area contributed by atoms with Gasteiger partial charge in [-0.25, -0.2) is 4.68 Å². The Hall–Kier alpha value is -3.08. The predicted molar refractivity (Wildman–Crippen MR) is 99.8 cm³/mol. The Bertz CT molecular complexity index is 932. The molecule has 0 radical (unpaired) electrons. The van der Waals surface area contributed by atoms with Gasteiger partial charge in [0.25, 0.3) is 5.91 Å². The Morgan fingerprint density at radius 3 is 2.69 bits per heavy atom. The van der Waals surface area contributed by atoms with Gasteiger partial charge in [-0.3, -0.25) is 4.79 Å². The van der Waals surface area contributed by atoms with Crippen LogP contribution in [0.1, 0.15) is 33.7 Å². The zero-order valence-corrected chi connectivity index (χ0v) is 14.7. The number of fused-ring (bicyclic) bond motifs is 1. The third-order valence-electron chi connectivity index (χ3n) is 4.78. The van der Waals surface area contributed by atoms with E-state index in [1.807, 2.05) is 35.0 Å². The van der Waals surface area contributed by atoms with E-state index < -0.39 is 0 Å². The lowest BCUT2D eigenvalue weighted by Crippen LogP contribution is -2.24. The Kier molecular flexibility index (Phi) is 4.44. The molecule has 1 aliphatic rings. The smallest absolute Gasteiger partial charge is 0.255 e. The van der Waals surface area contributed by atoms with E-state index in [2.05, 4.69) is 17.4 Å². The van der Waals surface area contributed by atoms with Crippen molar-refractivity contribution in [1.29, 1.82) is 0 Å². The minimum atomic E-state index is -0.150. The van der Waals surface area contributed by atoms with Crippen LogP contribution in [0.25, 0.3) is 5.69 Å². The molecular formula is C21H21N3O2. The Labute approximate surface area is 152 Å². The molecule has 1 aromatic heterocycles. The number of para-hydroxylation sites is 2. The predicted octanol–water partition coefficient (Wildman–Crippen LogP) is 3.30. The van der Waals surface area contributed by atoms with Crippen LogP contribution in [0.3, 0.4) is 0 Å². The van der Waals surface area contributed by atoms with Crippen LogP contribution < -0.4 is 10.1 Å². The molecule has 0 saturated heterocycles. The fourth-order valence-electron chi connectivity index (χ4n) is 3.53. The Morgan fingerprint density at radius 1 is 1.12 bits per heavy atom. The second kappa shape index (κ2) is 7.04. The lowest BCUT2D eigenvalue weighted by Gasteiger charge is -2.08. The highest BCUT2D eigenvalue weighted by Gasteiger charge is 2.23. The van der Waals surface area contributed by atoms with Gasteiger partial charge < -0.3 is 10.1 Å². The standard InChI is InChI=1S/C21H21N3O2/c1-26-20-13-6-5-10-17(20)21(25)22-14-18-16-11-7-12-19(16)24(23-18)15-8-3-2-4-9-15/h2-6,8-10,13H,7,11-12,14H2,1H3,(H,22,25). The van der Waals surface area contributed by atoms with Crippen molar-refractivity contribution in [2.45, 2.75) is 25.8 Å². The maximum absolute atomic E-state index is 12.5. The molecule has 0 aliphatic heterocycles. The van der Waals surface area contributed by atoms with Gasteiger partial charge in [0.2, 0.25) is 0 Å². The van der Waals surface area contributed by atoms with Gasteiger partial charge in [0.15, 0.2) is 0 Å². The van der Waals surface area contributed by atoms with Crippen LogP contribution in [0, 0.1) is 0 Å². The third kappa shape index (κ3) is 2.96. The average Bonchev–Trinajstić information content (AvgIpc) is 3.30. The molecule has 1 N–H and O–H groups in total. The van der Waals surface area contributed by atoms with Crippen LogP contribution in [0.2, 0.25) is 0 Å². The molecule has 26 heavy (non-hydrogen) atoms. The van der Waals surface area contributed by atoms with E-state index >= 15 is 0 Å². The molecule has 2 aromatic carbocycles. The molecular weight excluding hydrogens is 326 g/mol. The number of carbonyl (C=O) groups excluding carboxylic acids is 1. The monoisotopic (exact) mass is 347 g/mol. The molecule has 3 aromatic rings. The summed E-state index contributed by atoms with van der Waals surface area (Å²) >= 11 is 0. The molecule has 0 saturated carbocycles. The average molecular weight is 347 g/mol. The molecule has 0 unspecified atom stereocenters. The van der Waals surface area contributed by atoms with Crippen molar-refractivity contribution >= 4 is 5.91 Å². The first-order valence-electron chi connectivity index (χ1n) is 8.84. The number of aromatic nitrogens is 2. The maximum Gasteiger partial charge on any atom is 0.255 e. The number of carbonyl (C=O) groups is 1. The quantitative estimate of drug-likeness (QED) is 0.770. The molecule has 1 heterocycles. The number of rotatable bonds is 5. The molecule has 0 fully saturated rings. The molecule has 4 rings (SSSR count). The lowest BCUT2D eigenvalue weighted by molar-refractivity contribution is 0.0947. The van der Waals surface area contributed by atoms with E-state index in [9.17, 15) is 4.79 Å². The second-order valence-corrected chi connectivity index (χ2v) is 6.36. The summed E-state index contributed by atoms with van der Waals surface area (Å²) in [6.07, 6.45) is 3.17. The number of hydrogen-bond acceptors (Lipinski definition) is 3. The molecule has 0 atom stereocenters. The van der Waals surface area contributed by atoms with Gasteiger partial charge in [0, 0.05) is 5.69 Å². The largest absolute Gasteiger partial charge is 0.496 e. The van der Waals surface area contributed by atoms with Crippen molar-refractivity contribution in [2.75, 3.05) is 7.11 Å². The van der Waals surface area contributed by atoms with E-state index in [-0.39, 0.29) is 5.91 Å². The van der Waals surface area contributed by atoms with Gasteiger partial charge in [-0.05, 0) is 49.1 Å². The second-order valence-electron chi connectivity index (χ2n) is 6.36. The van der Waals surface area contributed by atoms with Crippen molar-refractivity contribution in [3.8, 4) is 11.4 Å². The van der Waals surface area contributed by atoms with Crippen LogP contribution in [0.4, 0.5) is 0 Å². The number of amides is 1. The van der Waals surface area contributed by atoms with Crippen LogP contribution in [0.5, 0.6) is 5.75 Å². The lowest BCUT2D eigenvalue weighted by atomic mass is 10.1. The van der Waals surface area contributed by atoms with Crippen molar-refractivity contribution in [3.05, 3.63) is 77.1 Å². The molecule has 1 aliphatic carbocycles. The third-order valence-corrected chi connectivity index (χ3v) is 4.78. The van der Waals surface area contributed by atoms with Crippen molar-refractivity contribution in [2.24, 2.45) is 0 Å². The summed E-state index contributed by atoms with van der Waals surface area (Å²) in [6.45, 7) is 0.416. The first kappa shape index (κ1) is 16.4. The highest BCUT2D eigenvalue weighted by Crippen LogP contribution is 2.28. The van der Waals surface area contributed by atoms with Gasteiger partial charge in [-0.15, -0.1) is 0 Å². The van der Waals surface area contributed by atoms with Gasteiger partial charge in [-0.1, -0.05) is 30.3 Å². The molecule has 1 amide bonds. The highest BCUT2D eigenvalue weighted by molar-refractivity contribution is 5.96.